The monoisotopic (exact) mass is 1450 g/mol. The van der Waals surface area contributed by atoms with Crippen molar-refractivity contribution in [1.82, 2.24) is 38.9 Å². The van der Waals surface area contributed by atoms with Crippen LogP contribution in [0.2, 0.25) is 0 Å². The van der Waals surface area contributed by atoms with Crippen molar-refractivity contribution < 1.29 is 65.2 Å². The Balaban J connectivity index is 0.000000283. The molecule has 0 radical (unpaired) electrons. The standard InChI is InChI=1S/2C29H35N7O3S.C2H3N.3CH4O3S/c2*1-5-40(37,38)33-24-18-25(28(39-4)19-27(24)34(2)16-17-36-14-8-9-15-36)32-29-30-13-12-23(31-29)22-20-35(3)26-11-7-6-10-21(22)26;1-2-3;3*1-5(2,3)4/h2*5-7,10-13,18-20,33H,1,8-9,14-17H2,2-4H3,(H,30,31,32);1H3;3*1H3,(H,2,3,4). The molecule has 35 heteroatoms. The molecule has 8 aromatic rings. The van der Waals surface area contributed by atoms with E-state index in [0.29, 0.717) is 76.3 Å². The second-order valence-electron chi connectivity index (χ2n) is 22.3. The number of likely N-dealkylation sites (N-methyl/N-ethyl adjacent to an activating group) is 2. The number of aromatic nitrogens is 6. The van der Waals surface area contributed by atoms with Crippen LogP contribution < -0.4 is 39.4 Å². The van der Waals surface area contributed by atoms with Gasteiger partial charge in [-0.05, 0) is 88.3 Å². The minimum absolute atomic E-state index is 0.358. The number of nitriles is 1. The van der Waals surface area contributed by atoms with Gasteiger partial charge in [0.1, 0.15) is 11.5 Å². The van der Waals surface area contributed by atoms with Gasteiger partial charge in [-0.2, -0.15) is 30.5 Å². The molecule has 0 unspecified atom stereocenters. The smallest absolute Gasteiger partial charge is 0.261 e. The summed E-state index contributed by atoms with van der Waals surface area (Å²) in [6, 6.07) is 28.8. The SMILES string of the molecule is C=CS(=O)(=O)Nc1cc(Nc2nccc(-c3cn(C)c4ccccc34)n2)c(OC)cc1N(C)CCN1CCCC1.C=CS(=O)(=O)Nc1cc(Nc2nccc(-c3cn(C)c4ccccc34)n2)c(OC)cc1N(C)CCN1CCCC1.CC#N.CS(=O)(=O)O.CS(=O)(=O)O.CS(=O)(=O)O. The zero-order chi connectivity index (χ0) is 72.8. The third kappa shape index (κ3) is 26.1. The summed E-state index contributed by atoms with van der Waals surface area (Å²) in [6.45, 7) is 15.9. The van der Waals surface area contributed by atoms with Gasteiger partial charge >= 0.3 is 0 Å². The fraction of sp³-hybridized carbons (Fsp3) is 0.349. The highest BCUT2D eigenvalue weighted by atomic mass is 32.2. The lowest BCUT2D eigenvalue weighted by molar-refractivity contribution is 0.346. The number of fused-ring (bicyclic) bond motifs is 2. The van der Waals surface area contributed by atoms with Crippen LogP contribution in [0.1, 0.15) is 32.6 Å². The van der Waals surface area contributed by atoms with Crippen molar-refractivity contribution in [3.8, 4) is 40.1 Å². The van der Waals surface area contributed by atoms with Crippen molar-refractivity contribution in [3.63, 3.8) is 0 Å². The van der Waals surface area contributed by atoms with Gasteiger partial charge in [-0.3, -0.25) is 23.1 Å². The second-order valence-corrected chi connectivity index (χ2v) is 29.9. The van der Waals surface area contributed by atoms with Gasteiger partial charge in [0.25, 0.3) is 50.4 Å². The molecule has 0 amide bonds. The van der Waals surface area contributed by atoms with E-state index in [-0.39, 0.29) is 0 Å². The van der Waals surface area contributed by atoms with E-state index in [0.717, 1.165) is 107 Å². The van der Waals surface area contributed by atoms with Gasteiger partial charge in [0.2, 0.25) is 11.9 Å². The summed E-state index contributed by atoms with van der Waals surface area (Å²) in [5, 5.41) is 17.8. The highest BCUT2D eigenvalue weighted by Gasteiger charge is 2.23. The van der Waals surface area contributed by atoms with E-state index in [2.05, 4.69) is 86.4 Å². The number of nitrogens with zero attached hydrogens (tertiary/aromatic N) is 11. The molecule has 2 fully saturated rings. The maximum Gasteiger partial charge on any atom is 0.261 e. The first kappa shape index (κ1) is 79.7. The molecule has 98 heavy (non-hydrogen) atoms. The molecule has 0 spiro atoms. The number of rotatable bonds is 22. The predicted octanol–water partition coefficient (Wildman–Crippen LogP) is 8.65. The third-order valence-electron chi connectivity index (χ3n) is 14.5. The zero-order valence-corrected chi connectivity index (χ0v) is 60.2. The van der Waals surface area contributed by atoms with Gasteiger partial charge < -0.3 is 48.8 Å². The van der Waals surface area contributed by atoms with Gasteiger partial charge in [-0.15, -0.1) is 0 Å². The molecule has 0 saturated carbocycles. The van der Waals surface area contributed by atoms with Crippen molar-refractivity contribution in [3.05, 3.63) is 134 Å². The molecule has 7 N–H and O–H groups in total. The predicted molar refractivity (Wildman–Crippen MR) is 388 cm³/mol. The molecule has 2 aliphatic heterocycles. The average molecular weight is 1450 g/mol. The van der Waals surface area contributed by atoms with Gasteiger partial charge in [0, 0.05) is 142 Å². The fourth-order valence-corrected chi connectivity index (χ4v) is 11.3. The van der Waals surface area contributed by atoms with Gasteiger partial charge in [-0.1, -0.05) is 49.6 Å². The van der Waals surface area contributed by atoms with Crippen LogP contribution in [0.25, 0.3) is 44.3 Å². The normalized spacial score (nSPS) is 13.2. The molecule has 0 bridgehead atoms. The maximum absolute atomic E-state index is 12.5. The molecule has 10 rings (SSSR count). The number of nitrogens with one attached hydrogen (secondary N) is 4. The second kappa shape index (κ2) is 36.0. The van der Waals surface area contributed by atoms with E-state index in [9.17, 15) is 42.1 Å². The Hall–Kier alpha value is -8.96. The van der Waals surface area contributed by atoms with Crippen molar-refractivity contribution in [2.24, 2.45) is 14.1 Å². The molecular formula is C63H85N15O15S5. The Morgan fingerprint density at radius 2 is 0.878 bits per heavy atom. The minimum Gasteiger partial charge on any atom is -0.494 e. The zero-order valence-electron chi connectivity index (χ0n) is 56.1. The number of sulfonamides is 2. The molecule has 0 atom stereocenters. The van der Waals surface area contributed by atoms with Crippen LogP contribution in [-0.2, 0) is 64.5 Å². The lowest BCUT2D eigenvalue weighted by atomic mass is 10.1. The Bertz CT molecular complexity index is 4330. The Labute approximate surface area is 574 Å². The first-order valence-electron chi connectivity index (χ1n) is 30.0. The van der Waals surface area contributed by atoms with E-state index < -0.39 is 50.4 Å². The van der Waals surface area contributed by atoms with E-state index in [1.807, 2.05) is 98.9 Å². The number of aryl methyl sites for hydroxylation is 2. The molecule has 0 aliphatic carbocycles. The summed E-state index contributed by atoms with van der Waals surface area (Å²) in [5.41, 5.74) is 8.96. The third-order valence-corrected chi connectivity index (χ3v) is 16.3. The van der Waals surface area contributed by atoms with Gasteiger partial charge in [-0.25, -0.2) is 36.8 Å². The van der Waals surface area contributed by atoms with Crippen LogP contribution in [0.15, 0.2) is 134 Å². The molecule has 6 heterocycles. The van der Waals surface area contributed by atoms with Crippen molar-refractivity contribution in [2.75, 3.05) is 129 Å². The molecule has 2 aliphatic rings. The Kier molecular flexibility index (Phi) is 29.3. The Morgan fingerprint density at radius 3 is 1.18 bits per heavy atom. The molecular weight excluding hydrogens is 1370 g/mol. The van der Waals surface area contributed by atoms with Gasteiger partial charge in [0.15, 0.2) is 0 Å². The first-order valence-corrected chi connectivity index (χ1v) is 38.6. The fourth-order valence-electron chi connectivity index (χ4n) is 10.2. The molecule has 2 saturated heterocycles. The van der Waals surface area contributed by atoms with Gasteiger partial charge in [0.05, 0.1) is 84.6 Å². The van der Waals surface area contributed by atoms with Crippen LogP contribution in [0.5, 0.6) is 11.5 Å². The molecule has 532 valence electrons. The number of ether oxygens (including phenoxy) is 2. The van der Waals surface area contributed by atoms with Crippen LogP contribution in [-0.4, -0.2) is 194 Å². The molecule has 4 aromatic heterocycles. The van der Waals surface area contributed by atoms with Crippen molar-refractivity contribution >= 4 is 118 Å². The maximum atomic E-state index is 12.5. The summed E-state index contributed by atoms with van der Waals surface area (Å²) in [5.74, 6) is 1.78. The highest BCUT2D eigenvalue weighted by molar-refractivity contribution is 7.95. The lowest BCUT2D eigenvalue weighted by Gasteiger charge is -2.26. The average Bonchev–Trinajstić information content (AvgIpc) is 1.27. The lowest BCUT2D eigenvalue weighted by Crippen LogP contribution is -2.32. The summed E-state index contributed by atoms with van der Waals surface area (Å²) >= 11 is 0. The topological polar surface area (TPSA) is 396 Å². The number of methoxy groups -OCH3 is 2. The number of likely N-dealkylation sites (tertiary alicyclic amines) is 2. The summed E-state index contributed by atoms with van der Waals surface area (Å²) in [7, 11) is -7.45. The van der Waals surface area contributed by atoms with Crippen LogP contribution in [0, 0.1) is 11.3 Å². The van der Waals surface area contributed by atoms with Crippen LogP contribution >= 0.6 is 0 Å². The Morgan fingerprint density at radius 1 is 0.561 bits per heavy atom. The summed E-state index contributed by atoms with van der Waals surface area (Å²) in [4.78, 5) is 27.3. The number of benzene rings is 4. The van der Waals surface area contributed by atoms with Crippen LogP contribution in [0.4, 0.5) is 46.0 Å². The van der Waals surface area contributed by atoms with Crippen LogP contribution in [0.3, 0.4) is 0 Å². The first-order chi connectivity index (χ1) is 46.0. The number of anilines is 8. The van der Waals surface area contributed by atoms with Crippen molar-refractivity contribution in [1.29, 1.82) is 5.26 Å². The van der Waals surface area contributed by atoms with E-state index >= 15 is 0 Å². The van der Waals surface area contributed by atoms with E-state index in [1.54, 1.807) is 44.8 Å². The molecule has 30 nitrogen and oxygen atoms in total. The number of hydrogen-bond donors (Lipinski definition) is 7. The van der Waals surface area contributed by atoms with E-state index in [1.165, 1.54) is 32.6 Å². The van der Waals surface area contributed by atoms with E-state index in [4.69, 9.17) is 38.4 Å². The highest BCUT2D eigenvalue weighted by Crippen LogP contribution is 2.41. The summed E-state index contributed by atoms with van der Waals surface area (Å²) < 4.78 is 149. The summed E-state index contributed by atoms with van der Waals surface area (Å²) in [6.07, 6.45) is 14.5. The number of para-hydroxylation sites is 2. The minimum atomic E-state index is -3.75. The molecule has 4 aromatic carbocycles. The quantitative estimate of drug-likeness (QED) is 0.0312. The van der Waals surface area contributed by atoms with Crippen molar-refractivity contribution in [2.45, 2.75) is 32.6 Å². The number of hydrogen-bond acceptors (Lipinski definition) is 23. The largest absolute Gasteiger partial charge is 0.494 e.